The second kappa shape index (κ2) is 5.30. The smallest absolute Gasteiger partial charge is 0.0306 e. The number of likely N-dealkylation sites (tertiary alicyclic amines) is 1. The number of benzene rings is 1. The molecule has 0 amide bonds. The van der Waals surface area contributed by atoms with Crippen molar-refractivity contribution in [1.82, 2.24) is 10.2 Å². The molecule has 1 fully saturated rings. The third-order valence-corrected chi connectivity index (χ3v) is 3.97. The van der Waals surface area contributed by atoms with Gasteiger partial charge in [0, 0.05) is 23.1 Å². The molecule has 0 bridgehead atoms. The predicted molar refractivity (Wildman–Crippen MR) is 71.6 cm³/mol. The van der Waals surface area contributed by atoms with Crippen molar-refractivity contribution in [2.75, 3.05) is 20.1 Å². The topological polar surface area (TPSA) is 15.3 Å². The molecular formula is C13H19BrN2. The van der Waals surface area contributed by atoms with Crippen LogP contribution in [-0.2, 0) is 0 Å². The molecule has 88 valence electrons. The maximum atomic E-state index is 3.69. The Balaban J connectivity index is 1.98. The lowest BCUT2D eigenvalue weighted by atomic mass is 10.1. The van der Waals surface area contributed by atoms with Crippen molar-refractivity contribution in [1.29, 1.82) is 0 Å². The molecule has 0 spiro atoms. The van der Waals surface area contributed by atoms with Gasteiger partial charge < -0.3 is 10.2 Å². The zero-order chi connectivity index (χ0) is 11.5. The van der Waals surface area contributed by atoms with Crippen LogP contribution in [-0.4, -0.2) is 31.1 Å². The van der Waals surface area contributed by atoms with Gasteiger partial charge in [0.25, 0.3) is 0 Å². The lowest BCUT2D eigenvalue weighted by Crippen LogP contribution is -2.33. The minimum absolute atomic E-state index is 0.409. The van der Waals surface area contributed by atoms with E-state index in [1.165, 1.54) is 23.0 Å². The van der Waals surface area contributed by atoms with Crippen molar-refractivity contribution in [2.45, 2.75) is 25.4 Å². The van der Waals surface area contributed by atoms with Gasteiger partial charge in [0.2, 0.25) is 0 Å². The van der Waals surface area contributed by atoms with Gasteiger partial charge in [-0.25, -0.2) is 0 Å². The molecule has 1 aliphatic heterocycles. The zero-order valence-electron chi connectivity index (χ0n) is 9.91. The minimum atomic E-state index is 0.409. The fraction of sp³-hybridized carbons (Fsp3) is 0.538. The summed E-state index contributed by atoms with van der Waals surface area (Å²) in [6.45, 7) is 4.60. The van der Waals surface area contributed by atoms with Gasteiger partial charge in [-0.1, -0.05) is 34.1 Å². The Morgan fingerprint density at radius 3 is 2.81 bits per heavy atom. The van der Waals surface area contributed by atoms with E-state index in [1.807, 2.05) is 0 Å². The Morgan fingerprint density at radius 1 is 1.44 bits per heavy atom. The van der Waals surface area contributed by atoms with Crippen LogP contribution in [0.2, 0.25) is 0 Å². The second-order valence-corrected chi connectivity index (χ2v) is 5.51. The molecule has 2 nitrogen and oxygen atoms in total. The van der Waals surface area contributed by atoms with Gasteiger partial charge in [0.15, 0.2) is 0 Å². The van der Waals surface area contributed by atoms with Crippen LogP contribution in [0.25, 0.3) is 0 Å². The van der Waals surface area contributed by atoms with Gasteiger partial charge >= 0.3 is 0 Å². The van der Waals surface area contributed by atoms with Crippen LogP contribution in [0.1, 0.15) is 24.9 Å². The number of rotatable bonds is 3. The molecule has 16 heavy (non-hydrogen) atoms. The minimum Gasteiger partial charge on any atom is -0.306 e. The summed E-state index contributed by atoms with van der Waals surface area (Å²) in [7, 11) is 2.19. The highest BCUT2D eigenvalue weighted by molar-refractivity contribution is 9.10. The molecule has 1 aromatic rings. The van der Waals surface area contributed by atoms with E-state index in [0.29, 0.717) is 12.1 Å². The highest BCUT2D eigenvalue weighted by Crippen LogP contribution is 2.24. The quantitative estimate of drug-likeness (QED) is 0.917. The first-order valence-electron chi connectivity index (χ1n) is 5.86. The first-order valence-corrected chi connectivity index (χ1v) is 6.65. The van der Waals surface area contributed by atoms with Crippen LogP contribution in [0.3, 0.4) is 0 Å². The molecule has 0 aliphatic carbocycles. The fourth-order valence-electron chi connectivity index (χ4n) is 2.34. The second-order valence-electron chi connectivity index (χ2n) is 4.66. The van der Waals surface area contributed by atoms with Gasteiger partial charge in [-0.15, -0.1) is 0 Å². The number of nitrogens with zero attached hydrogens (tertiary/aromatic N) is 1. The summed E-state index contributed by atoms with van der Waals surface area (Å²) in [6, 6.07) is 9.48. The molecule has 1 N–H and O–H groups in total. The molecule has 0 saturated carbocycles. The number of nitrogens with one attached hydrogen (secondary N) is 1. The van der Waals surface area contributed by atoms with Crippen LogP contribution in [0.15, 0.2) is 28.7 Å². The molecule has 1 heterocycles. The summed E-state index contributed by atoms with van der Waals surface area (Å²) < 4.78 is 1.20. The Labute approximate surface area is 106 Å². The number of halogens is 1. The van der Waals surface area contributed by atoms with Crippen molar-refractivity contribution in [3.63, 3.8) is 0 Å². The van der Waals surface area contributed by atoms with Crippen molar-refractivity contribution < 1.29 is 0 Å². The molecule has 2 rings (SSSR count). The first-order chi connectivity index (χ1) is 7.66. The Morgan fingerprint density at radius 2 is 2.19 bits per heavy atom. The molecule has 0 radical (unpaired) electrons. The Bertz CT molecular complexity index is 354. The van der Waals surface area contributed by atoms with E-state index < -0.39 is 0 Å². The van der Waals surface area contributed by atoms with Crippen molar-refractivity contribution in [3.8, 4) is 0 Å². The maximum absolute atomic E-state index is 3.69. The lowest BCUT2D eigenvalue weighted by Gasteiger charge is -2.20. The van der Waals surface area contributed by atoms with Gasteiger partial charge in [0.1, 0.15) is 0 Å². The third kappa shape index (κ3) is 2.84. The highest BCUT2D eigenvalue weighted by Gasteiger charge is 2.21. The van der Waals surface area contributed by atoms with E-state index in [9.17, 15) is 0 Å². The number of likely N-dealkylation sites (N-methyl/N-ethyl adjacent to an activating group) is 1. The van der Waals surface area contributed by atoms with E-state index in [2.05, 4.69) is 64.4 Å². The molecular weight excluding hydrogens is 264 g/mol. The third-order valence-electron chi connectivity index (χ3n) is 3.25. The maximum Gasteiger partial charge on any atom is 0.0306 e. The van der Waals surface area contributed by atoms with E-state index in [1.54, 1.807) is 0 Å². The van der Waals surface area contributed by atoms with Crippen molar-refractivity contribution >= 4 is 15.9 Å². The fourth-order valence-corrected chi connectivity index (χ4v) is 2.97. The van der Waals surface area contributed by atoms with Gasteiger partial charge in [-0.2, -0.15) is 0 Å². The summed E-state index contributed by atoms with van der Waals surface area (Å²) in [5, 5.41) is 3.69. The lowest BCUT2D eigenvalue weighted by molar-refractivity contribution is 0.387. The number of hydrogen-bond acceptors (Lipinski definition) is 2. The van der Waals surface area contributed by atoms with Crippen molar-refractivity contribution in [2.24, 2.45) is 0 Å². The van der Waals surface area contributed by atoms with E-state index in [0.717, 1.165) is 6.54 Å². The summed E-state index contributed by atoms with van der Waals surface area (Å²) >= 11 is 3.61. The molecule has 1 saturated heterocycles. The van der Waals surface area contributed by atoms with Crippen LogP contribution < -0.4 is 5.32 Å². The monoisotopic (exact) mass is 282 g/mol. The predicted octanol–water partition coefficient (Wildman–Crippen LogP) is 2.80. The van der Waals surface area contributed by atoms with Crippen LogP contribution in [0.4, 0.5) is 0 Å². The SMILES string of the molecule is CC(NC1CCN(C)C1)c1ccccc1Br. The number of hydrogen-bond donors (Lipinski definition) is 1. The first kappa shape index (κ1) is 12.1. The molecule has 2 atom stereocenters. The normalized spacial score (nSPS) is 23.6. The molecule has 3 heteroatoms. The van der Waals surface area contributed by atoms with Crippen LogP contribution >= 0.6 is 15.9 Å². The van der Waals surface area contributed by atoms with Crippen LogP contribution in [0.5, 0.6) is 0 Å². The summed E-state index contributed by atoms with van der Waals surface area (Å²) in [6.07, 6.45) is 1.26. The molecule has 1 aromatic carbocycles. The summed E-state index contributed by atoms with van der Waals surface area (Å²) in [5.41, 5.74) is 1.34. The van der Waals surface area contributed by atoms with Gasteiger partial charge in [-0.3, -0.25) is 0 Å². The summed E-state index contributed by atoms with van der Waals surface area (Å²) in [4.78, 5) is 2.38. The largest absolute Gasteiger partial charge is 0.306 e. The van der Waals surface area contributed by atoms with E-state index in [4.69, 9.17) is 0 Å². The highest BCUT2D eigenvalue weighted by atomic mass is 79.9. The average Bonchev–Trinajstić information content (AvgIpc) is 2.64. The molecule has 2 unspecified atom stereocenters. The average molecular weight is 283 g/mol. The molecule has 0 aromatic heterocycles. The standard InChI is InChI=1S/C13H19BrN2/c1-10(12-5-3-4-6-13(12)14)15-11-7-8-16(2)9-11/h3-6,10-11,15H,7-9H2,1-2H3. The molecule has 1 aliphatic rings. The van der Waals surface area contributed by atoms with Gasteiger partial charge in [0.05, 0.1) is 0 Å². The van der Waals surface area contributed by atoms with E-state index >= 15 is 0 Å². The van der Waals surface area contributed by atoms with E-state index in [-0.39, 0.29) is 0 Å². The Kier molecular flexibility index (Phi) is 4.00. The Hall–Kier alpha value is -0.380. The van der Waals surface area contributed by atoms with Crippen LogP contribution in [0, 0.1) is 0 Å². The zero-order valence-corrected chi connectivity index (χ0v) is 11.5. The van der Waals surface area contributed by atoms with Gasteiger partial charge in [-0.05, 0) is 38.6 Å². The van der Waals surface area contributed by atoms with Crippen molar-refractivity contribution in [3.05, 3.63) is 34.3 Å². The summed E-state index contributed by atoms with van der Waals surface area (Å²) in [5.74, 6) is 0.